The second-order valence-corrected chi connectivity index (χ2v) is 2.77. The third-order valence-corrected chi connectivity index (χ3v) is 1.58. The predicted molar refractivity (Wildman–Crippen MR) is 47.6 cm³/mol. The first-order valence-electron chi connectivity index (χ1n) is 4.34. The lowest BCUT2D eigenvalue weighted by molar-refractivity contribution is -0.122. The number of rotatable bonds is 6. The maximum absolute atomic E-state index is 11.0. The van der Waals surface area contributed by atoms with Crippen molar-refractivity contribution in [1.82, 2.24) is 5.32 Å². The zero-order chi connectivity index (χ0) is 9.40. The molecule has 0 rings (SSSR count). The van der Waals surface area contributed by atoms with Gasteiger partial charge in [0.1, 0.15) is 0 Å². The van der Waals surface area contributed by atoms with Crippen LogP contribution in [0.3, 0.4) is 0 Å². The van der Waals surface area contributed by atoms with E-state index in [2.05, 4.69) is 5.32 Å². The SMILES string of the molecule is CCCC(=O)NC(CO)CCN. The number of hydrogen-bond acceptors (Lipinski definition) is 3. The molecule has 12 heavy (non-hydrogen) atoms. The molecule has 1 atom stereocenters. The third-order valence-electron chi connectivity index (χ3n) is 1.58. The molecule has 1 unspecified atom stereocenters. The molecule has 0 aliphatic rings. The molecule has 72 valence electrons. The molecule has 4 heteroatoms. The van der Waals surface area contributed by atoms with E-state index in [1.807, 2.05) is 6.92 Å². The number of aliphatic hydroxyl groups excluding tert-OH is 1. The van der Waals surface area contributed by atoms with E-state index in [4.69, 9.17) is 10.8 Å². The van der Waals surface area contributed by atoms with E-state index in [0.29, 0.717) is 19.4 Å². The Labute approximate surface area is 73.1 Å². The van der Waals surface area contributed by atoms with E-state index >= 15 is 0 Å². The largest absolute Gasteiger partial charge is 0.394 e. The molecular weight excluding hydrogens is 156 g/mol. The maximum atomic E-state index is 11.0. The van der Waals surface area contributed by atoms with E-state index in [1.54, 1.807) is 0 Å². The van der Waals surface area contributed by atoms with Crippen LogP contribution in [-0.4, -0.2) is 30.2 Å². The highest BCUT2D eigenvalue weighted by Crippen LogP contribution is 1.92. The van der Waals surface area contributed by atoms with Gasteiger partial charge >= 0.3 is 0 Å². The Hall–Kier alpha value is -0.610. The Kier molecular flexibility index (Phi) is 6.70. The molecule has 0 saturated heterocycles. The second-order valence-electron chi connectivity index (χ2n) is 2.77. The van der Waals surface area contributed by atoms with Crippen LogP contribution in [-0.2, 0) is 4.79 Å². The van der Waals surface area contributed by atoms with Gasteiger partial charge in [-0.2, -0.15) is 0 Å². The Morgan fingerprint density at radius 1 is 1.67 bits per heavy atom. The van der Waals surface area contributed by atoms with E-state index in [1.165, 1.54) is 0 Å². The molecule has 0 aromatic rings. The fourth-order valence-corrected chi connectivity index (χ4v) is 0.937. The number of nitrogens with one attached hydrogen (secondary N) is 1. The van der Waals surface area contributed by atoms with Gasteiger partial charge in [0, 0.05) is 6.42 Å². The van der Waals surface area contributed by atoms with Gasteiger partial charge in [0.05, 0.1) is 12.6 Å². The lowest BCUT2D eigenvalue weighted by Crippen LogP contribution is -2.38. The van der Waals surface area contributed by atoms with Gasteiger partial charge in [-0.15, -0.1) is 0 Å². The Balaban J connectivity index is 3.61. The predicted octanol–water partition coefficient (Wildman–Crippen LogP) is -0.388. The molecule has 0 heterocycles. The average molecular weight is 174 g/mol. The summed E-state index contributed by atoms with van der Waals surface area (Å²) in [6.45, 7) is 2.39. The first-order valence-corrected chi connectivity index (χ1v) is 4.34. The van der Waals surface area contributed by atoms with Gasteiger partial charge in [-0.05, 0) is 19.4 Å². The molecule has 0 fully saturated rings. The normalized spacial score (nSPS) is 12.6. The molecular formula is C8H18N2O2. The fraction of sp³-hybridized carbons (Fsp3) is 0.875. The van der Waals surface area contributed by atoms with Crippen LogP contribution in [0.2, 0.25) is 0 Å². The quantitative estimate of drug-likeness (QED) is 0.513. The second kappa shape index (κ2) is 7.06. The maximum Gasteiger partial charge on any atom is 0.220 e. The molecule has 0 aliphatic heterocycles. The van der Waals surface area contributed by atoms with E-state index < -0.39 is 0 Å². The lowest BCUT2D eigenvalue weighted by atomic mass is 10.2. The minimum absolute atomic E-state index is 0.00926. The standard InChI is InChI=1S/C8H18N2O2/c1-2-3-8(12)10-7(6-11)4-5-9/h7,11H,2-6,9H2,1H3,(H,10,12). The van der Waals surface area contributed by atoms with E-state index in [0.717, 1.165) is 6.42 Å². The molecule has 0 aromatic carbocycles. The van der Waals surface area contributed by atoms with Crippen LogP contribution in [0.25, 0.3) is 0 Å². The van der Waals surface area contributed by atoms with Crippen molar-refractivity contribution in [3.8, 4) is 0 Å². The number of carbonyl (C=O) groups is 1. The first-order chi connectivity index (χ1) is 5.74. The molecule has 0 bridgehead atoms. The van der Waals surface area contributed by atoms with Crippen LogP contribution < -0.4 is 11.1 Å². The summed E-state index contributed by atoms with van der Waals surface area (Å²) in [7, 11) is 0. The van der Waals surface area contributed by atoms with Gasteiger partial charge in [-0.25, -0.2) is 0 Å². The molecule has 4 N–H and O–H groups in total. The summed E-state index contributed by atoms with van der Waals surface area (Å²) < 4.78 is 0. The summed E-state index contributed by atoms with van der Waals surface area (Å²) in [6, 6.07) is -0.172. The minimum Gasteiger partial charge on any atom is -0.394 e. The number of nitrogens with two attached hydrogens (primary N) is 1. The summed E-state index contributed by atoms with van der Waals surface area (Å²) in [4.78, 5) is 11.0. The minimum atomic E-state index is -0.172. The van der Waals surface area contributed by atoms with Crippen molar-refractivity contribution < 1.29 is 9.90 Å². The van der Waals surface area contributed by atoms with Crippen molar-refractivity contribution in [3.63, 3.8) is 0 Å². The highest BCUT2D eigenvalue weighted by atomic mass is 16.3. The topological polar surface area (TPSA) is 75.3 Å². The average Bonchev–Trinajstić information content (AvgIpc) is 2.04. The Morgan fingerprint density at radius 3 is 2.75 bits per heavy atom. The molecule has 0 radical (unpaired) electrons. The molecule has 1 amide bonds. The number of amides is 1. The van der Waals surface area contributed by atoms with Gasteiger partial charge in [0.25, 0.3) is 0 Å². The Morgan fingerprint density at radius 2 is 2.33 bits per heavy atom. The zero-order valence-electron chi connectivity index (χ0n) is 7.55. The molecule has 0 saturated carbocycles. The van der Waals surface area contributed by atoms with Crippen molar-refractivity contribution in [2.24, 2.45) is 5.73 Å². The van der Waals surface area contributed by atoms with Crippen molar-refractivity contribution in [2.75, 3.05) is 13.2 Å². The lowest BCUT2D eigenvalue weighted by Gasteiger charge is -2.14. The highest BCUT2D eigenvalue weighted by Gasteiger charge is 2.08. The van der Waals surface area contributed by atoms with Crippen LogP contribution in [0.15, 0.2) is 0 Å². The third kappa shape index (κ3) is 5.09. The molecule has 0 aliphatic carbocycles. The Bertz CT molecular complexity index is 128. The van der Waals surface area contributed by atoms with Gasteiger partial charge in [0.2, 0.25) is 5.91 Å². The summed E-state index contributed by atoms with van der Waals surface area (Å²) in [6.07, 6.45) is 1.97. The van der Waals surface area contributed by atoms with Gasteiger partial charge < -0.3 is 16.2 Å². The summed E-state index contributed by atoms with van der Waals surface area (Å²) in [5.74, 6) is -0.00926. The van der Waals surface area contributed by atoms with Crippen molar-refractivity contribution in [3.05, 3.63) is 0 Å². The molecule has 0 aromatic heterocycles. The number of carbonyl (C=O) groups excluding carboxylic acids is 1. The van der Waals surface area contributed by atoms with Gasteiger partial charge in [0.15, 0.2) is 0 Å². The highest BCUT2D eigenvalue weighted by molar-refractivity contribution is 5.76. The summed E-state index contributed by atoms with van der Waals surface area (Å²) in [5, 5.41) is 11.5. The smallest absolute Gasteiger partial charge is 0.220 e. The first kappa shape index (κ1) is 11.4. The van der Waals surface area contributed by atoms with Gasteiger partial charge in [-0.1, -0.05) is 6.92 Å². The van der Waals surface area contributed by atoms with E-state index in [-0.39, 0.29) is 18.6 Å². The van der Waals surface area contributed by atoms with Gasteiger partial charge in [-0.3, -0.25) is 4.79 Å². The zero-order valence-corrected chi connectivity index (χ0v) is 7.55. The van der Waals surface area contributed by atoms with Crippen LogP contribution in [0, 0.1) is 0 Å². The summed E-state index contributed by atoms with van der Waals surface area (Å²) in [5.41, 5.74) is 5.29. The molecule has 0 spiro atoms. The van der Waals surface area contributed by atoms with Crippen LogP contribution >= 0.6 is 0 Å². The van der Waals surface area contributed by atoms with Crippen molar-refractivity contribution in [2.45, 2.75) is 32.2 Å². The van der Waals surface area contributed by atoms with Crippen LogP contribution in [0.5, 0.6) is 0 Å². The fourth-order valence-electron chi connectivity index (χ4n) is 0.937. The van der Waals surface area contributed by atoms with Crippen molar-refractivity contribution >= 4 is 5.91 Å². The number of hydrogen-bond donors (Lipinski definition) is 3. The monoisotopic (exact) mass is 174 g/mol. The van der Waals surface area contributed by atoms with Crippen LogP contribution in [0.4, 0.5) is 0 Å². The van der Waals surface area contributed by atoms with E-state index in [9.17, 15) is 4.79 Å². The summed E-state index contributed by atoms with van der Waals surface area (Å²) >= 11 is 0. The molecule has 4 nitrogen and oxygen atoms in total. The van der Waals surface area contributed by atoms with Crippen LogP contribution in [0.1, 0.15) is 26.2 Å². The van der Waals surface area contributed by atoms with Crippen molar-refractivity contribution in [1.29, 1.82) is 0 Å². The number of aliphatic hydroxyl groups is 1.